The topological polar surface area (TPSA) is 121 Å². The predicted octanol–water partition coefficient (Wildman–Crippen LogP) is 7.97. The molecule has 0 N–H and O–H groups in total. The lowest BCUT2D eigenvalue weighted by Crippen LogP contribution is -2.49. The molecule has 42 heavy (non-hydrogen) atoms. The zero-order chi connectivity index (χ0) is 31.0. The van der Waals surface area contributed by atoms with E-state index in [1.165, 1.54) is 12.5 Å². The number of hydrogen-bond acceptors (Lipinski definition) is 6. The van der Waals surface area contributed by atoms with Crippen LogP contribution in [0, 0.1) is 103 Å². The zero-order valence-corrected chi connectivity index (χ0v) is 26.4. The molecule has 0 aromatic heterocycles. The van der Waals surface area contributed by atoms with Crippen molar-refractivity contribution in [3.63, 3.8) is 0 Å². The molecule has 0 amide bonds. The van der Waals surface area contributed by atoms with Crippen molar-refractivity contribution in [3.8, 4) is 24.3 Å². The second kappa shape index (κ2) is 11.7. The van der Waals surface area contributed by atoms with E-state index in [-0.39, 0.29) is 28.8 Å². The number of carbonyl (C=O) groups is 1. The number of fused-ring (bicyclic) bond motifs is 4. The SMILES string of the molecule is CC(=O)O[C@@H]1CC[C@]2(C)C(=C[C@H](C(C#N)(C#N)C(C#N)C#N)C3=C4CC[C@H]([C@H](C)/C=C/[C@H](C)C(C)C)[C@]4(C)CC[C@@H]32)C1. The van der Waals surface area contributed by atoms with Gasteiger partial charge >= 0.3 is 5.97 Å². The van der Waals surface area contributed by atoms with Gasteiger partial charge in [-0.2, -0.15) is 21.0 Å². The average molecular weight is 567 g/mol. The lowest BCUT2D eigenvalue weighted by molar-refractivity contribution is -0.148. The van der Waals surface area contributed by atoms with Crippen LogP contribution in [0.3, 0.4) is 0 Å². The van der Waals surface area contributed by atoms with Gasteiger partial charge in [0.15, 0.2) is 11.3 Å². The molecule has 4 rings (SSSR count). The number of nitrogens with zero attached hydrogens (tertiary/aromatic N) is 4. The normalized spacial score (nSPS) is 33.8. The average Bonchev–Trinajstić information content (AvgIpc) is 3.31. The van der Waals surface area contributed by atoms with Gasteiger partial charge in [-0.25, -0.2) is 0 Å². The molecule has 222 valence electrons. The summed E-state index contributed by atoms with van der Waals surface area (Å²) in [7, 11) is 0. The third-order valence-electron chi connectivity index (χ3n) is 11.8. The summed E-state index contributed by atoms with van der Waals surface area (Å²) in [4.78, 5) is 11.8. The van der Waals surface area contributed by atoms with E-state index < -0.39 is 17.3 Å². The highest BCUT2D eigenvalue weighted by Crippen LogP contribution is 2.67. The summed E-state index contributed by atoms with van der Waals surface area (Å²) < 4.78 is 5.63. The van der Waals surface area contributed by atoms with Crippen molar-refractivity contribution in [2.45, 2.75) is 99.5 Å². The maximum absolute atomic E-state index is 11.8. The first-order valence-electron chi connectivity index (χ1n) is 15.7. The van der Waals surface area contributed by atoms with Crippen LogP contribution in [0.2, 0.25) is 0 Å². The molecule has 6 heteroatoms. The van der Waals surface area contributed by atoms with Crippen LogP contribution in [0.1, 0.15) is 93.4 Å². The van der Waals surface area contributed by atoms with Gasteiger partial charge in [0, 0.05) is 19.3 Å². The van der Waals surface area contributed by atoms with Crippen molar-refractivity contribution >= 4 is 5.97 Å². The van der Waals surface area contributed by atoms with E-state index in [9.17, 15) is 25.8 Å². The molecule has 0 spiro atoms. The summed E-state index contributed by atoms with van der Waals surface area (Å²) in [5, 5.41) is 41.2. The standard InChI is InChI=1S/C36H46N4O2/c1-22(2)23(3)8-9-24(4)29-10-11-30-33-31(13-15-35(29,30)7)34(6)14-12-28(42-25(5)41)16-26(34)17-32(33)36(20-39,21-40)27(18-37)19-38/h8-9,17,22-24,27-29,31-32H,10-16H2,1-7H3/b9-8+/t23-,24+,28+,29+,31-,32-,34+,35-/m0/s1. The second-order valence-electron chi connectivity index (χ2n) is 14.3. The summed E-state index contributed by atoms with van der Waals surface area (Å²) in [6, 6.07) is 8.42. The van der Waals surface area contributed by atoms with Gasteiger partial charge < -0.3 is 4.74 Å². The molecule has 4 aliphatic carbocycles. The molecule has 0 heterocycles. The van der Waals surface area contributed by atoms with Gasteiger partial charge in [-0.3, -0.25) is 4.79 Å². The van der Waals surface area contributed by atoms with E-state index >= 15 is 0 Å². The molecule has 2 fully saturated rings. The summed E-state index contributed by atoms with van der Waals surface area (Å²) in [5.74, 6) is -0.315. The van der Waals surface area contributed by atoms with Crippen molar-refractivity contribution in [3.05, 3.63) is 34.9 Å². The largest absolute Gasteiger partial charge is 0.462 e. The lowest BCUT2D eigenvalue weighted by Gasteiger charge is -2.56. The Morgan fingerprint density at radius 2 is 1.64 bits per heavy atom. The molecule has 0 saturated heterocycles. The quantitative estimate of drug-likeness (QED) is 0.227. The maximum atomic E-state index is 11.8. The summed E-state index contributed by atoms with van der Waals surface area (Å²) in [6.07, 6.45) is 12.7. The van der Waals surface area contributed by atoms with Crippen molar-refractivity contribution < 1.29 is 9.53 Å². The summed E-state index contributed by atoms with van der Waals surface area (Å²) in [6.45, 7) is 15.2. The number of nitriles is 4. The molecule has 8 atom stereocenters. The number of carbonyl (C=O) groups excluding carboxylic acids is 1. The van der Waals surface area contributed by atoms with E-state index in [1.807, 2.05) is 12.1 Å². The molecule has 4 aliphatic rings. The Morgan fingerprint density at radius 3 is 2.21 bits per heavy atom. The number of rotatable bonds is 7. The number of allylic oxidation sites excluding steroid dienone is 5. The van der Waals surface area contributed by atoms with Gasteiger partial charge in [-0.05, 0) is 78.9 Å². The monoisotopic (exact) mass is 566 g/mol. The van der Waals surface area contributed by atoms with E-state index in [0.29, 0.717) is 30.1 Å². The van der Waals surface area contributed by atoms with Gasteiger partial charge in [-0.1, -0.05) is 76.5 Å². The van der Waals surface area contributed by atoms with Crippen molar-refractivity contribution in [2.24, 2.45) is 57.7 Å². The first kappa shape index (κ1) is 31.6. The molecule has 0 bridgehead atoms. The Bertz CT molecular complexity index is 1330. The number of esters is 1. The molecule has 0 aliphatic heterocycles. The van der Waals surface area contributed by atoms with Crippen molar-refractivity contribution in [1.82, 2.24) is 0 Å². The van der Waals surface area contributed by atoms with Crippen LogP contribution in [0.5, 0.6) is 0 Å². The van der Waals surface area contributed by atoms with Gasteiger partial charge in [0.25, 0.3) is 0 Å². The minimum atomic E-state index is -1.82. The van der Waals surface area contributed by atoms with Gasteiger partial charge in [0.1, 0.15) is 6.10 Å². The number of ether oxygens (including phenoxy) is 1. The zero-order valence-electron chi connectivity index (χ0n) is 26.4. The van der Waals surface area contributed by atoms with Crippen LogP contribution in [-0.4, -0.2) is 12.1 Å². The highest BCUT2D eigenvalue weighted by atomic mass is 16.5. The van der Waals surface area contributed by atoms with E-state index in [0.717, 1.165) is 49.7 Å². The molecule has 0 unspecified atom stereocenters. The summed E-state index contributed by atoms with van der Waals surface area (Å²) in [5.41, 5.74) is 1.53. The minimum Gasteiger partial charge on any atom is -0.462 e. The fraction of sp³-hybridized carbons (Fsp3) is 0.694. The predicted molar refractivity (Wildman–Crippen MR) is 160 cm³/mol. The molecule has 0 radical (unpaired) electrons. The molecule has 0 aromatic rings. The number of hydrogen-bond donors (Lipinski definition) is 0. The van der Waals surface area contributed by atoms with E-state index in [4.69, 9.17) is 4.74 Å². The van der Waals surface area contributed by atoms with Crippen molar-refractivity contribution in [1.29, 1.82) is 21.0 Å². The maximum Gasteiger partial charge on any atom is 0.302 e. The third kappa shape index (κ3) is 4.99. The van der Waals surface area contributed by atoms with E-state index in [2.05, 4.69) is 71.9 Å². The van der Waals surface area contributed by atoms with Crippen LogP contribution < -0.4 is 0 Å². The molecular formula is C36H46N4O2. The smallest absolute Gasteiger partial charge is 0.302 e. The van der Waals surface area contributed by atoms with Crippen LogP contribution in [0.15, 0.2) is 34.9 Å². The van der Waals surface area contributed by atoms with Crippen LogP contribution in [0.25, 0.3) is 0 Å². The highest BCUT2D eigenvalue weighted by molar-refractivity contribution is 5.66. The Morgan fingerprint density at radius 1 is 1.00 bits per heavy atom. The lowest BCUT2D eigenvalue weighted by atomic mass is 9.47. The first-order chi connectivity index (χ1) is 19.8. The van der Waals surface area contributed by atoms with E-state index in [1.54, 1.807) is 0 Å². The van der Waals surface area contributed by atoms with Crippen molar-refractivity contribution in [2.75, 3.05) is 0 Å². The van der Waals surface area contributed by atoms with Crippen LogP contribution >= 0.6 is 0 Å². The highest BCUT2D eigenvalue weighted by Gasteiger charge is 2.60. The minimum absolute atomic E-state index is 0.0724. The summed E-state index contributed by atoms with van der Waals surface area (Å²) >= 11 is 0. The Balaban J connectivity index is 1.90. The van der Waals surface area contributed by atoms with Crippen LogP contribution in [-0.2, 0) is 9.53 Å². The van der Waals surface area contributed by atoms with Gasteiger partial charge in [0.05, 0.1) is 24.3 Å². The van der Waals surface area contributed by atoms with Crippen LogP contribution in [0.4, 0.5) is 0 Å². The first-order valence-corrected chi connectivity index (χ1v) is 15.7. The fourth-order valence-corrected chi connectivity index (χ4v) is 8.93. The molecule has 2 saturated carbocycles. The Kier molecular flexibility index (Phi) is 8.82. The Labute approximate surface area is 252 Å². The third-order valence-corrected chi connectivity index (χ3v) is 11.8. The molecule has 0 aromatic carbocycles. The molecule has 6 nitrogen and oxygen atoms in total. The Hall–Kier alpha value is -3.35. The fourth-order valence-electron chi connectivity index (χ4n) is 8.93. The molecular weight excluding hydrogens is 520 g/mol. The van der Waals surface area contributed by atoms with Gasteiger partial charge in [0.2, 0.25) is 0 Å². The second-order valence-corrected chi connectivity index (χ2v) is 14.3. The van der Waals surface area contributed by atoms with Gasteiger partial charge in [-0.15, -0.1) is 0 Å².